The number of aromatic nitrogens is 1. The first-order valence-electron chi connectivity index (χ1n) is 2.58. The van der Waals surface area contributed by atoms with Crippen LogP contribution >= 0.6 is 27.5 Å². The van der Waals surface area contributed by atoms with Crippen molar-refractivity contribution in [1.29, 1.82) is 0 Å². The second kappa shape index (κ2) is 3.17. The molecular formula is C7H4BrClN. The van der Waals surface area contributed by atoms with Gasteiger partial charge in [0.25, 0.3) is 0 Å². The minimum Gasteiger partial charge on any atom is -0.243 e. The molecule has 0 unspecified atom stereocenters. The summed E-state index contributed by atoms with van der Waals surface area (Å²) in [6.45, 7) is 3.46. The summed E-state index contributed by atoms with van der Waals surface area (Å²) in [4.78, 5) is 3.87. The number of nitrogens with zero attached hydrogens (tertiary/aromatic N) is 1. The Morgan fingerprint density at radius 1 is 1.70 bits per heavy atom. The molecule has 1 aromatic heterocycles. The van der Waals surface area contributed by atoms with Crippen LogP contribution in [0.1, 0.15) is 5.56 Å². The molecule has 0 spiro atoms. The fourth-order valence-electron chi connectivity index (χ4n) is 0.547. The van der Waals surface area contributed by atoms with Crippen LogP contribution in [0.15, 0.2) is 23.3 Å². The summed E-state index contributed by atoms with van der Waals surface area (Å²) >= 11 is 8.91. The number of pyridine rings is 1. The molecule has 0 N–H and O–H groups in total. The van der Waals surface area contributed by atoms with Gasteiger partial charge in [-0.3, -0.25) is 0 Å². The Morgan fingerprint density at radius 3 is 2.90 bits per heavy atom. The van der Waals surface area contributed by atoms with Crippen LogP contribution in [-0.2, 0) is 0 Å². The fourth-order valence-corrected chi connectivity index (χ4v) is 1.05. The molecule has 0 atom stereocenters. The lowest BCUT2D eigenvalue weighted by Gasteiger charge is -1.94. The van der Waals surface area contributed by atoms with Crippen LogP contribution in [0.3, 0.4) is 0 Å². The van der Waals surface area contributed by atoms with Crippen molar-refractivity contribution in [3.05, 3.63) is 40.1 Å². The maximum atomic E-state index is 5.66. The molecule has 1 aromatic rings. The predicted octanol–water partition coefficient (Wildman–Crippen LogP) is 2.83. The zero-order valence-corrected chi connectivity index (χ0v) is 7.41. The highest BCUT2D eigenvalue weighted by Gasteiger charge is 1.96. The maximum Gasteiger partial charge on any atom is 0.136 e. The Balaban J connectivity index is 3.21. The summed E-state index contributed by atoms with van der Waals surface area (Å²) in [5, 5.41) is 0.429. The highest BCUT2D eigenvalue weighted by Crippen LogP contribution is 2.17. The largest absolute Gasteiger partial charge is 0.243 e. The van der Waals surface area contributed by atoms with Crippen molar-refractivity contribution < 1.29 is 0 Å². The second-order valence-corrected chi connectivity index (χ2v) is 2.94. The zero-order valence-electron chi connectivity index (χ0n) is 5.06. The normalized spacial score (nSPS) is 9.40. The lowest BCUT2D eigenvalue weighted by Crippen LogP contribution is -1.80. The molecule has 10 heavy (non-hydrogen) atoms. The number of halogens is 2. The van der Waals surface area contributed by atoms with Crippen LogP contribution in [0.4, 0.5) is 0 Å². The van der Waals surface area contributed by atoms with Crippen LogP contribution < -0.4 is 0 Å². The van der Waals surface area contributed by atoms with Gasteiger partial charge in [0, 0.05) is 16.2 Å². The van der Waals surface area contributed by atoms with Gasteiger partial charge in [0.05, 0.1) is 0 Å². The van der Waals surface area contributed by atoms with Gasteiger partial charge in [-0.25, -0.2) is 4.98 Å². The molecule has 0 saturated heterocycles. The molecule has 1 heterocycles. The van der Waals surface area contributed by atoms with Crippen molar-refractivity contribution in [2.75, 3.05) is 0 Å². The van der Waals surface area contributed by atoms with Gasteiger partial charge in [0.2, 0.25) is 0 Å². The van der Waals surface area contributed by atoms with E-state index in [1.807, 2.05) is 6.07 Å². The maximum absolute atomic E-state index is 5.66. The molecule has 0 aromatic carbocycles. The standard InChI is InChI=1S/C7H4BrClN/c1-2-5-3-6(8)4-10-7(5)9/h3-4H,1H2. The predicted molar refractivity (Wildman–Crippen MR) is 44.9 cm³/mol. The first kappa shape index (κ1) is 7.76. The lowest BCUT2D eigenvalue weighted by atomic mass is 10.3. The highest BCUT2D eigenvalue weighted by atomic mass is 79.9. The van der Waals surface area contributed by atoms with E-state index in [0.29, 0.717) is 5.15 Å². The molecule has 1 radical (unpaired) electrons. The Labute approximate surface area is 72.9 Å². The van der Waals surface area contributed by atoms with Crippen LogP contribution in [0.5, 0.6) is 0 Å². The average molecular weight is 217 g/mol. The third kappa shape index (κ3) is 1.58. The van der Waals surface area contributed by atoms with Gasteiger partial charge in [-0.2, -0.15) is 0 Å². The molecule has 0 fully saturated rings. The average Bonchev–Trinajstić information content (AvgIpc) is 1.94. The Kier molecular flexibility index (Phi) is 2.46. The van der Waals surface area contributed by atoms with Crippen molar-refractivity contribution in [2.45, 2.75) is 0 Å². The molecule has 0 saturated carbocycles. The first-order valence-corrected chi connectivity index (χ1v) is 3.75. The summed E-state index contributed by atoms with van der Waals surface area (Å²) < 4.78 is 0.878. The quantitative estimate of drug-likeness (QED) is 0.659. The minimum atomic E-state index is 0.429. The van der Waals surface area contributed by atoms with E-state index >= 15 is 0 Å². The SMILES string of the molecule is C=[C]c1cc(Br)cnc1Cl. The van der Waals surface area contributed by atoms with E-state index in [9.17, 15) is 0 Å². The Bertz CT molecular complexity index is 260. The number of hydrogen-bond donors (Lipinski definition) is 0. The van der Waals surface area contributed by atoms with Crippen LogP contribution in [-0.4, -0.2) is 4.98 Å². The lowest BCUT2D eigenvalue weighted by molar-refractivity contribution is 1.28. The summed E-state index contributed by atoms with van der Waals surface area (Å²) in [7, 11) is 0. The van der Waals surface area contributed by atoms with Crippen molar-refractivity contribution >= 4 is 27.5 Å². The summed E-state index contributed by atoms with van der Waals surface area (Å²) in [6.07, 6.45) is 4.29. The molecule has 0 aliphatic heterocycles. The van der Waals surface area contributed by atoms with Gasteiger partial charge >= 0.3 is 0 Å². The van der Waals surface area contributed by atoms with Gasteiger partial charge in [-0.15, -0.1) is 0 Å². The van der Waals surface area contributed by atoms with Crippen LogP contribution in [0, 0.1) is 6.08 Å². The summed E-state index contributed by atoms with van der Waals surface area (Å²) in [5.74, 6) is 0. The van der Waals surface area contributed by atoms with E-state index < -0.39 is 0 Å². The highest BCUT2D eigenvalue weighted by molar-refractivity contribution is 9.10. The van der Waals surface area contributed by atoms with Gasteiger partial charge in [-0.05, 0) is 28.1 Å². The van der Waals surface area contributed by atoms with Crippen LogP contribution in [0.2, 0.25) is 5.15 Å². The Hall–Kier alpha value is -0.340. The summed E-state index contributed by atoms with van der Waals surface area (Å²) in [6, 6.07) is 1.81. The molecule has 0 amide bonds. The van der Waals surface area contributed by atoms with E-state index in [1.165, 1.54) is 0 Å². The molecule has 0 aliphatic carbocycles. The zero-order chi connectivity index (χ0) is 7.56. The number of rotatable bonds is 1. The summed E-state index contributed by atoms with van der Waals surface area (Å²) in [5.41, 5.74) is 0.719. The van der Waals surface area contributed by atoms with Gasteiger partial charge in [0.1, 0.15) is 5.15 Å². The van der Waals surface area contributed by atoms with Crippen molar-refractivity contribution in [1.82, 2.24) is 4.98 Å². The fraction of sp³-hybridized carbons (Fsp3) is 0. The first-order chi connectivity index (χ1) is 4.74. The topological polar surface area (TPSA) is 12.9 Å². The molecule has 1 nitrogen and oxygen atoms in total. The molecule has 1 rings (SSSR count). The van der Waals surface area contributed by atoms with Gasteiger partial charge < -0.3 is 0 Å². The van der Waals surface area contributed by atoms with Crippen molar-refractivity contribution in [3.63, 3.8) is 0 Å². The van der Waals surface area contributed by atoms with E-state index in [1.54, 1.807) is 6.20 Å². The van der Waals surface area contributed by atoms with Crippen molar-refractivity contribution in [3.8, 4) is 0 Å². The van der Waals surface area contributed by atoms with Crippen LogP contribution in [0.25, 0.3) is 0 Å². The smallest absolute Gasteiger partial charge is 0.136 e. The molecule has 0 bridgehead atoms. The molecule has 3 heteroatoms. The van der Waals surface area contributed by atoms with Gasteiger partial charge in [0.15, 0.2) is 0 Å². The Morgan fingerprint density at radius 2 is 2.40 bits per heavy atom. The number of hydrogen-bond acceptors (Lipinski definition) is 1. The molecule has 51 valence electrons. The monoisotopic (exact) mass is 216 g/mol. The van der Waals surface area contributed by atoms with E-state index in [2.05, 4.69) is 33.6 Å². The molecule has 0 aliphatic rings. The molecular weight excluding hydrogens is 213 g/mol. The third-order valence-electron chi connectivity index (χ3n) is 0.996. The van der Waals surface area contributed by atoms with Crippen molar-refractivity contribution in [2.24, 2.45) is 0 Å². The third-order valence-corrected chi connectivity index (χ3v) is 1.73. The van der Waals surface area contributed by atoms with Gasteiger partial charge in [-0.1, -0.05) is 18.2 Å². The second-order valence-electron chi connectivity index (χ2n) is 1.67. The van der Waals surface area contributed by atoms with E-state index in [-0.39, 0.29) is 0 Å². The van der Waals surface area contributed by atoms with E-state index in [0.717, 1.165) is 10.0 Å². The minimum absolute atomic E-state index is 0.429. The van der Waals surface area contributed by atoms with E-state index in [4.69, 9.17) is 11.6 Å².